The molecule has 5 heteroatoms. The summed E-state index contributed by atoms with van der Waals surface area (Å²) in [4.78, 5) is 0. The molecule has 0 aromatic heterocycles. The minimum atomic E-state index is -2.75. The molecule has 0 saturated carbocycles. The van der Waals surface area contributed by atoms with Gasteiger partial charge in [-0.1, -0.05) is 12.2 Å². The molecule has 94 valence electrons. The van der Waals surface area contributed by atoms with E-state index < -0.39 is 13.5 Å². The van der Waals surface area contributed by atoms with Gasteiger partial charge in [0, 0.05) is 11.5 Å². The summed E-state index contributed by atoms with van der Waals surface area (Å²) < 4.78 is 18.1. The monoisotopic (exact) mass is 266 g/mol. The van der Waals surface area contributed by atoms with Gasteiger partial charge < -0.3 is 9.63 Å². The van der Waals surface area contributed by atoms with Crippen molar-refractivity contribution in [2.24, 2.45) is 0 Å². The molecule has 0 radical (unpaired) electrons. The zero-order valence-electron chi connectivity index (χ0n) is 9.64. The number of alkyl halides is 1. The van der Waals surface area contributed by atoms with E-state index in [0.717, 1.165) is 19.3 Å². The Bertz CT molecular complexity index is 280. The molecule has 0 fully saturated rings. The number of aliphatic hydroxyl groups excluding tert-OH is 1. The van der Waals surface area contributed by atoms with E-state index in [1.807, 2.05) is 13.0 Å². The fourth-order valence-corrected chi connectivity index (χ4v) is 5.02. The molecular formula is C11H20ClO3P. The van der Waals surface area contributed by atoms with Crippen LogP contribution in [0.15, 0.2) is 12.2 Å². The zero-order chi connectivity index (χ0) is 12.0. The Morgan fingerprint density at radius 2 is 2.38 bits per heavy atom. The molecule has 0 saturated heterocycles. The van der Waals surface area contributed by atoms with E-state index in [9.17, 15) is 9.67 Å². The summed E-state index contributed by atoms with van der Waals surface area (Å²) in [6.07, 6.45) is 6.21. The number of allylic oxidation sites excluding steroid dienone is 2. The Labute approximate surface area is 102 Å². The van der Waals surface area contributed by atoms with Gasteiger partial charge in [-0.15, -0.1) is 11.6 Å². The Morgan fingerprint density at radius 1 is 1.62 bits per heavy atom. The first kappa shape index (κ1) is 14.2. The molecular weight excluding hydrogens is 247 g/mol. The highest BCUT2D eigenvalue weighted by atomic mass is 35.5. The van der Waals surface area contributed by atoms with E-state index in [1.165, 1.54) is 0 Å². The summed E-state index contributed by atoms with van der Waals surface area (Å²) in [6, 6.07) is 0. The highest BCUT2D eigenvalue weighted by molar-refractivity contribution is 7.59. The number of aliphatic hydroxyl groups is 1. The summed E-state index contributed by atoms with van der Waals surface area (Å²) >= 11 is 5.56. The fraction of sp³-hybridized carbons (Fsp3) is 0.818. The molecule has 3 nitrogen and oxygen atoms in total. The summed E-state index contributed by atoms with van der Waals surface area (Å²) in [5.41, 5.74) is 0.0512. The van der Waals surface area contributed by atoms with Gasteiger partial charge in [0.15, 0.2) is 0 Å². The van der Waals surface area contributed by atoms with Crippen molar-refractivity contribution in [2.45, 2.75) is 37.9 Å². The van der Waals surface area contributed by atoms with Gasteiger partial charge in [-0.3, -0.25) is 4.57 Å². The molecule has 16 heavy (non-hydrogen) atoms. The first-order valence-corrected chi connectivity index (χ1v) is 8.16. The molecule has 0 aromatic rings. The first-order valence-electron chi connectivity index (χ1n) is 5.74. The highest BCUT2D eigenvalue weighted by Gasteiger charge is 2.35. The molecule has 3 atom stereocenters. The van der Waals surface area contributed by atoms with E-state index in [4.69, 9.17) is 16.1 Å². The lowest BCUT2D eigenvalue weighted by atomic mass is 10.1. The van der Waals surface area contributed by atoms with E-state index in [2.05, 4.69) is 6.08 Å². The third-order valence-corrected chi connectivity index (χ3v) is 6.35. The molecule has 0 bridgehead atoms. The Hall–Kier alpha value is 0.180. The smallest absolute Gasteiger partial charge is 0.209 e. The van der Waals surface area contributed by atoms with Crippen LogP contribution in [0.2, 0.25) is 0 Å². The minimum Gasteiger partial charge on any atom is -0.391 e. The molecule has 1 aliphatic rings. The largest absolute Gasteiger partial charge is 0.391 e. The highest BCUT2D eigenvalue weighted by Crippen LogP contribution is 2.56. The van der Waals surface area contributed by atoms with Gasteiger partial charge >= 0.3 is 0 Å². The lowest BCUT2D eigenvalue weighted by Gasteiger charge is -2.29. The molecule has 2 unspecified atom stereocenters. The van der Waals surface area contributed by atoms with Crippen molar-refractivity contribution in [2.75, 3.05) is 18.6 Å². The topological polar surface area (TPSA) is 46.5 Å². The first-order chi connectivity index (χ1) is 7.62. The van der Waals surface area contributed by atoms with Crippen molar-refractivity contribution in [1.29, 1.82) is 0 Å². The lowest BCUT2D eigenvalue weighted by molar-refractivity contribution is 0.211. The molecule has 0 aliphatic heterocycles. The van der Waals surface area contributed by atoms with Crippen LogP contribution >= 0.6 is 19.0 Å². The normalized spacial score (nSPS) is 26.3. The molecule has 0 spiro atoms. The van der Waals surface area contributed by atoms with Crippen molar-refractivity contribution < 1.29 is 14.2 Å². The molecule has 0 aromatic carbocycles. The van der Waals surface area contributed by atoms with Crippen LogP contribution in [-0.2, 0) is 9.09 Å². The van der Waals surface area contributed by atoms with Gasteiger partial charge in [-0.05, 0) is 26.2 Å². The average Bonchev–Trinajstić information content (AvgIpc) is 2.30. The van der Waals surface area contributed by atoms with Crippen LogP contribution < -0.4 is 0 Å². The molecule has 1 N–H and O–H groups in total. The van der Waals surface area contributed by atoms with E-state index in [0.29, 0.717) is 6.61 Å². The Morgan fingerprint density at radius 3 is 2.88 bits per heavy atom. The third-order valence-electron chi connectivity index (χ3n) is 2.79. The number of halogens is 1. The molecule has 1 rings (SSSR count). The second-order valence-corrected chi connectivity index (χ2v) is 7.19. The van der Waals surface area contributed by atoms with Crippen LogP contribution in [0.5, 0.6) is 0 Å². The lowest BCUT2D eigenvalue weighted by Crippen LogP contribution is -2.22. The minimum absolute atomic E-state index is 0.0512. The predicted octanol–water partition coefficient (Wildman–Crippen LogP) is 3.01. The molecule has 0 heterocycles. The maximum atomic E-state index is 12.7. The van der Waals surface area contributed by atoms with Crippen molar-refractivity contribution in [3.8, 4) is 0 Å². The van der Waals surface area contributed by atoms with Crippen molar-refractivity contribution in [1.82, 2.24) is 0 Å². The SMILES string of the molecule is CCOP(=O)(C[C@H](O)CCl)C1CC=CCC1. The third kappa shape index (κ3) is 3.89. The van der Waals surface area contributed by atoms with E-state index >= 15 is 0 Å². The summed E-state index contributed by atoms with van der Waals surface area (Å²) in [5, 5.41) is 9.55. The van der Waals surface area contributed by atoms with Crippen molar-refractivity contribution >= 4 is 19.0 Å². The Kier molecular flexibility index (Phi) is 6.06. The van der Waals surface area contributed by atoms with Gasteiger partial charge in [-0.2, -0.15) is 0 Å². The van der Waals surface area contributed by atoms with Crippen LogP contribution in [0.4, 0.5) is 0 Å². The van der Waals surface area contributed by atoms with Gasteiger partial charge in [0.1, 0.15) is 0 Å². The van der Waals surface area contributed by atoms with Crippen LogP contribution in [0.1, 0.15) is 26.2 Å². The second kappa shape index (κ2) is 6.80. The van der Waals surface area contributed by atoms with Crippen molar-refractivity contribution in [3.05, 3.63) is 12.2 Å². The van der Waals surface area contributed by atoms with Gasteiger partial charge in [-0.25, -0.2) is 0 Å². The van der Waals surface area contributed by atoms with Crippen LogP contribution in [0.25, 0.3) is 0 Å². The van der Waals surface area contributed by atoms with Crippen LogP contribution in [0, 0.1) is 0 Å². The molecule has 0 amide bonds. The summed E-state index contributed by atoms with van der Waals surface area (Å²) in [7, 11) is -2.75. The molecule has 1 aliphatic carbocycles. The Balaban J connectivity index is 2.70. The number of hydrogen-bond donors (Lipinski definition) is 1. The number of hydrogen-bond acceptors (Lipinski definition) is 3. The second-order valence-electron chi connectivity index (χ2n) is 4.07. The fourth-order valence-electron chi connectivity index (χ4n) is 2.00. The van der Waals surface area contributed by atoms with Crippen molar-refractivity contribution in [3.63, 3.8) is 0 Å². The quantitative estimate of drug-likeness (QED) is 0.457. The summed E-state index contributed by atoms with van der Waals surface area (Å²) in [6.45, 7) is 2.25. The van der Waals surface area contributed by atoms with Crippen LogP contribution in [0.3, 0.4) is 0 Å². The van der Waals surface area contributed by atoms with Gasteiger partial charge in [0.05, 0.1) is 18.9 Å². The maximum absolute atomic E-state index is 12.7. The maximum Gasteiger partial charge on any atom is 0.209 e. The number of rotatable bonds is 6. The zero-order valence-corrected chi connectivity index (χ0v) is 11.3. The van der Waals surface area contributed by atoms with E-state index in [-0.39, 0.29) is 17.7 Å². The van der Waals surface area contributed by atoms with E-state index in [1.54, 1.807) is 0 Å². The predicted molar refractivity (Wildman–Crippen MR) is 67.6 cm³/mol. The summed E-state index contributed by atoms with van der Waals surface area (Å²) in [5.74, 6) is 0.111. The standard InChI is InChI=1S/C11H20ClO3P/c1-2-15-16(14,9-10(13)8-12)11-6-4-3-5-7-11/h3-4,10-11,13H,2,5-9H2,1H3/t10-,11?,16?/m1/s1. The van der Waals surface area contributed by atoms with Crippen LogP contribution in [-0.4, -0.2) is 35.5 Å². The van der Waals surface area contributed by atoms with Gasteiger partial charge in [0.25, 0.3) is 0 Å². The average molecular weight is 267 g/mol. The van der Waals surface area contributed by atoms with Gasteiger partial charge in [0.2, 0.25) is 7.37 Å².